The minimum atomic E-state index is -2.68. The summed E-state index contributed by atoms with van der Waals surface area (Å²) in [5, 5.41) is 11.6. The predicted molar refractivity (Wildman–Crippen MR) is 106 cm³/mol. The quantitative estimate of drug-likeness (QED) is 0.649. The fraction of sp³-hybridized carbons (Fsp3) is 0.238. The highest BCUT2D eigenvalue weighted by Gasteiger charge is 2.13. The maximum absolute atomic E-state index is 12.3. The Morgan fingerprint density at radius 1 is 1.22 bits per heavy atom. The molecule has 1 amide bonds. The molecular formula is C21H22N2O4. The molecule has 1 aromatic heterocycles. The highest BCUT2D eigenvalue weighted by Crippen LogP contribution is 2.31. The summed E-state index contributed by atoms with van der Waals surface area (Å²) >= 11 is 0. The number of hydrogen-bond donors (Lipinski definition) is 2. The van der Waals surface area contributed by atoms with Crippen molar-refractivity contribution in [3.63, 3.8) is 0 Å². The Balaban J connectivity index is 2.14. The number of likely N-dealkylation sites (N-methyl/N-ethyl adjacent to an activating group) is 1. The van der Waals surface area contributed by atoms with Crippen molar-refractivity contribution in [2.45, 2.75) is 6.85 Å². The lowest BCUT2D eigenvalue weighted by Gasteiger charge is -2.19. The first-order valence-electron chi connectivity index (χ1n) is 11.2. The lowest BCUT2D eigenvalue weighted by atomic mass is 9.98. The smallest absolute Gasteiger partial charge is 0.336 e. The van der Waals surface area contributed by atoms with Crippen LogP contribution in [0.25, 0.3) is 22.1 Å². The third-order valence-corrected chi connectivity index (χ3v) is 3.99. The number of nitrogens with zero attached hydrogens (tertiary/aromatic N) is 1. The van der Waals surface area contributed by atoms with Crippen LogP contribution in [0.15, 0.2) is 57.7 Å². The number of aliphatic hydroxyl groups is 1. The minimum absolute atomic E-state index is 0.0213. The standard InChI is InChI=1S/C21H22N2O4/c1-14-5-3-4-6-16(14)18-12-21(26)27-19-11-15(7-8-17(18)19)23(2)13-20(25)22-9-10-24/h3-8,11-12,24H,9-10,13H2,1-2H3,(H,22,25)/i1D3,2D3. The Morgan fingerprint density at radius 2 is 2.07 bits per heavy atom. The molecule has 1 heterocycles. The zero-order chi connectivity index (χ0) is 24.4. The Kier molecular flexibility index (Phi) is 3.67. The van der Waals surface area contributed by atoms with E-state index >= 15 is 0 Å². The molecule has 140 valence electrons. The summed E-state index contributed by atoms with van der Waals surface area (Å²) in [7, 11) is 0. The van der Waals surface area contributed by atoms with Crippen molar-refractivity contribution in [2.24, 2.45) is 0 Å². The van der Waals surface area contributed by atoms with E-state index < -0.39 is 31.9 Å². The van der Waals surface area contributed by atoms with Crippen LogP contribution >= 0.6 is 0 Å². The molecule has 6 heteroatoms. The number of hydrogen-bond acceptors (Lipinski definition) is 5. The number of carbonyl (C=O) groups is 1. The lowest BCUT2D eigenvalue weighted by Crippen LogP contribution is -2.36. The summed E-state index contributed by atoms with van der Waals surface area (Å²) in [6.07, 6.45) is 0. The van der Waals surface area contributed by atoms with E-state index in [-0.39, 0.29) is 30.0 Å². The molecule has 3 aromatic rings. The second-order valence-corrected chi connectivity index (χ2v) is 5.86. The number of aliphatic hydroxyl groups excluding tert-OH is 1. The van der Waals surface area contributed by atoms with Gasteiger partial charge in [0.2, 0.25) is 5.91 Å². The van der Waals surface area contributed by atoms with Gasteiger partial charge in [-0.05, 0) is 30.1 Å². The summed E-state index contributed by atoms with van der Waals surface area (Å²) in [6.45, 7) is -5.93. The largest absolute Gasteiger partial charge is 0.423 e. The average Bonchev–Trinajstić information content (AvgIpc) is 2.73. The third kappa shape index (κ3) is 4.17. The highest BCUT2D eigenvalue weighted by atomic mass is 16.4. The molecule has 0 saturated heterocycles. The van der Waals surface area contributed by atoms with Crippen LogP contribution in [0.2, 0.25) is 0 Å². The molecule has 0 spiro atoms. The second-order valence-electron chi connectivity index (χ2n) is 5.86. The number of nitrogens with one attached hydrogen (secondary N) is 1. The molecule has 0 fully saturated rings. The summed E-state index contributed by atoms with van der Waals surface area (Å²) < 4.78 is 52.1. The molecule has 0 radical (unpaired) electrons. The van der Waals surface area contributed by atoms with E-state index in [1.165, 1.54) is 30.3 Å². The van der Waals surface area contributed by atoms with Crippen molar-refractivity contribution in [2.75, 3.05) is 31.6 Å². The van der Waals surface area contributed by atoms with E-state index in [0.29, 0.717) is 16.5 Å². The van der Waals surface area contributed by atoms with Gasteiger partial charge in [-0.1, -0.05) is 24.3 Å². The molecule has 0 saturated carbocycles. The van der Waals surface area contributed by atoms with Crippen LogP contribution in [0.1, 0.15) is 13.8 Å². The first-order chi connectivity index (χ1) is 15.4. The molecule has 0 aliphatic carbocycles. The molecule has 6 nitrogen and oxygen atoms in total. The number of fused-ring (bicyclic) bond motifs is 1. The van der Waals surface area contributed by atoms with Crippen molar-refractivity contribution < 1.29 is 22.5 Å². The van der Waals surface area contributed by atoms with Crippen LogP contribution in [0.4, 0.5) is 5.69 Å². The molecule has 0 bridgehead atoms. The van der Waals surface area contributed by atoms with Gasteiger partial charge in [0.25, 0.3) is 0 Å². The lowest BCUT2D eigenvalue weighted by molar-refractivity contribution is -0.119. The van der Waals surface area contributed by atoms with Crippen LogP contribution in [0.3, 0.4) is 0 Å². The molecule has 3 rings (SSSR count). The molecule has 2 aromatic carbocycles. The van der Waals surface area contributed by atoms with Crippen LogP contribution < -0.4 is 15.8 Å². The number of amides is 1. The summed E-state index contributed by atoms with van der Waals surface area (Å²) in [4.78, 5) is 25.2. The van der Waals surface area contributed by atoms with Gasteiger partial charge < -0.3 is 19.7 Å². The van der Waals surface area contributed by atoms with Crippen molar-refractivity contribution in [1.29, 1.82) is 0 Å². The van der Waals surface area contributed by atoms with Gasteiger partial charge in [0.1, 0.15) is 5.58 Å². The second kappa shape index (κ2) is 8.05. The molecule has 27 heavy (non-hydrogen) atoms. The average molecular weight is 372 g/mol. The van der Waals surface area contributed by atoms with Gasteiger partial charge in [-0.15, -0.1) is 0 Å². The number of aryl methyl sites for hydroxylation is 1. The van der Waals surface area contributed by atoms with Gasteiger partial charge in [0.15, 0.2) is 0 Å². The third-order valence-electron chi connectivity index (χ3n) is 3.99. The fourth-order valence-electron chi connectivity index (χ4n) is 2.75. The number of carbonyl (C=O) groups excluding carboxylic acids is 1. The van der Waals surface area contributed by atoms with Gasteiger partial charge in [-0.2, -0.15) is 0 Å². The van der Waals surface area contributed by atoms with Gasteiger partial charge in [-0.25, -0.2) is 4.79 Å². The van der Waals surface area contributed by atoms with Crippen LogP contribution in [0, 0.1) is 6.85 Å². The van der Waals surface area contributed by atoms with E-state index in [1.54, 1.807) is 18.2 Å². The van der Waals surface area contributed by atoms with Gasteiger partial charge >= 0.3 is 5.63 Å². The Labute approximate surface area is 165 Å². The van der Waals surface area contributed by atoms with Crippen LogP contribution in [-0.4, -0.2) is 37.7 Å². The number of benzene rings is 2. The van der Waals surface area contributed by atoms with E-state index in [1.807, 2.05) is 0 Å². The number of rotatable bonds is 6. The van der Waals surface area contributed by atoms with E-state index in [9.17, 15) is 9.59 Å². The molecule has 0 aliphatic rings. The first kappa shape index (κ1) is 12.3. The summed E-state index contributed by atoms with van der Waals surface area (Å²) in [6, 6.07) is 11.8. The van der Waals surface area contributed by atoms with E-state index in [4.69, 9.17) is 17.7 Å². The Hall–Kier alpha value is -3.12. The highest BCUT2D eigenvalue weighted by molar-refractivity contribution is 5.95. The minimum Gasteiger partial charge on any atom is -0.423 e. The van der Waals surface area contributed by atoms with Crippen molar-refractivity contribution in [3.8, 4) is 11.1 Å². The topological polar surface area (TPSA) is 82.8 Å². The maximum Gasteiger partial charge on any atom is 0.336 e. The van der Waals surface area contributed by atoms with Gasteiger partial charge in [0.05, 0.1) is 13.2 Å². The maximum atomic E-state index is 12.3. The Bertz CT molecular complexity index is 1220. The Morgan fingerprint density at radius 3 is 2.85 bits per heavy atom. The van der Waals surface area contributed by atoms with Crippen LogP contribution in [-0.2, 0) is 4.79 Å². The molecule has 0 atom stereocenters. The summed E-state index contributed by atoms with van der Waals surface area (Å²) in [5.41, 5.74) is 0.132. The first-order valence-corrected chi connectivity index (χ1v) is 8.25. The van der Waals surface area contributed by atoms with E-state index in [0.717, 1.165) is 4.90 Å². The fourth-order valence-corrected chi connectivity index (χ4v) is 2.75. The number of anilines is 1. The predicted octanol–water partition coefficient (Wildman–Crippen LogP) is 2.31. The zero-order valence-corrected chi connectivity index (χ0v) is 14.4. The molecular weight excluding hydrogens is 344 g/mol. The normalized spacial score (nSPS) is 15.0. The monoisotopic (exact) mass is 372 g/mol. The zero-order valence-electron chi connectivity index (χ0n) is 20.4. The molecule has 2 N–H and O–H groups in total. The van der Waals surface area contributed by atoms with Crippen molar-refractivity contribution in [3.05, 3.63) is 64.5 Å². The van der Waals surface area contributed by atoms with Crippen molar-refractivity contribution in [1.82, 2.24) is 5.32 Å². The molecule has 0 unspecified atom stereocenters. The van der Waals surface area contributed by atoms with Crippen molar-refractivity contribution >= 4 is 22.6 Å². The summed E-state index contributed by atoms with van der Waals surface area (Å²) in [5.74, 6) is -0.609. The van der Waals surface area contributed by atoms with Gasteiger partial charge in [0, 0.05) is 50.5 Å². The van der Waals surface area contributed by atoms with Crippen LogP contribution in [0.5, 0.6) is 0 Å². The van der Waals surface area contributed by atoms with E-state index in [2.05, 4.69) is 5.32 Å². The SMILES string of the molecule is [2H]C([2H])([2H])c1ccccc1-c1cc(=O)oc2cc(N(CC(=O)NCCO)C([2H])([2H])[2H])ccc12. The van der Waals surface area contributed by atoms with Gasteiger partial charge in [-0.3, -0.25) is 4.79 Å². The molecule has 0 aliphatic heterocycles.